The van der Waals surface area contributed by atoms with Crippen molar-refractivity contribution in [3.05, 3.63) is 42.5 Å². The van der Waals surface area contributed by atoms with Crippen molar-refractivity contribution in [1.29, 1.82) is 0 Å². The van der Waals surface area contributed by atoms with Crippen LogP contribution in [-0.4, -0.2) is 10.2 Å². The minimum Gasteiger partial charge on any atom is -0.399 e. The number of nitrogens with zero attached hydrogens (tertiary/aromatic N) is 1. The van der Waals surface area contributed by atoms with Gasteiger partial charge < -0.3 is 11.5 Å². The largest absolute Gasteiger partial charge is 0.399 e. The molecule has 0 fully saturated rings. The molecule has 0 atom stereocenters. The first-order chi connectivity index (χ1) is 8.24. The Bertz CT molecular complexity index is 685. The number of aromatic nitrogens is 2. The topological polar surface area (TPSA) is 80.7 Å². The fraction of sp³-hybridized carbons (Fsp3) is 0. The normalized spacial score (nSPS) is 10.8. The summed E-state index contributed by atoms with van der Waals surface area (Å²) >= 11 is 0. The van der Waals surface area contributed by atoms with E-state index in [9.17, 15) is 0 Å². The third-order valence-corrected chi connectivity index (χ3v) is 2.81. The average Bonchev–Trinajstić information content (AvgIpc) is 2.71. The number of hydrogen-bond donors (Lipinski definition) is 3. The van der Waals surface area contributed by atoms with E-state index >= 15 is 0 Å². The van der Waals surface area contributed by atoms with Gasteiger partial charge in [0.15, 0.2) is 5.82 Å². The predicted molar refractivity (Wildman–Crippen MR) is 70.4 cm³/mol. The van der Waals surface area contributed by atoms with E-state index in [2.05, 4.69) is 10.2 Å². The van der Waals surface area contributed by atoms with Crippen molar-refractivity contribution in [3.63, 3.8) is 0 Å². The van der Waals surface area contributed by atoms with Crippen molar-refractivity contribution in [1.82, 2.24) is 10.2 Å². The zero-order valence-electron chi connectivity index (χ0n) is 9.14. The lowest BCUT2D eigenvalue weighted by atomic mass is 10.0. The molecule has 0 unspecified atom stereocenters. The average molecular weight is 224 g/mol. The van der Waals surface area contributed by atoms with Crippen LogP contribution >= 0.6 is 0 Å². The van der Waals surface area contributed by atoms with Crippen LogP contribution in [-0.2, 0) is 0 Å². The quantitative estimate of drug-likeness (QED) is 0.555. The van der Waals surface area contributed by atoms with Crippen molar-refractivity contribution < 1.29 is 0 Å². The van der Waals surface area contributed by atoms with Crippen LogP contribution in [0.5, 0.6) is 0 Å². The standard InChI is InChI=1S/C13H12N4/c14-10-3-1-2-8(6-10)9-4-5-11-12(7-9)16-17-13(11)15/h1-7H,14H2,(H3,15,16,17). The third-order valence-electron chi connectivity index (χ3n) is 2.81. The van der Waals surface area contributed by atoms with Gasteiger partial charge >= 0.3 is 0 Å². The first-order valence-corrected chi connectivity index (χ1v) is 5.33. The molecule has 0 radical (unpaired) electrons. The Hall–Kier alpha value is -2.49. The van der Waals surface area contributed by atoms with E-state index in [1.54, 1.807) is 0 Å². The fourth-order valence-corrected chi connectivity index (χ4v) is 1.94. The Morgan fingerprint density at radius 1 is 0.941 bits per heavy atom. The maximum absolute atomic E-state index is 5.77. The van der Waals surface area contributed by atoms with Gasteiger partial charge in [0.05, 0.1) is 5.52 Å². The number of nitrogens with one attached hydrogen (secondary N) is 1. The minimum atomic E-state index is 0.527. The van der Waals surface area contributed by atoms with Gasteiger partial charge in [-0.1, -0.05) is 18.2 Å². The van der Waals surface area contributed by atoms with Crippen molar-refractivity contribution >= 4 is 22.4 Å². The second-order valence-electron chi connectivity index (χ2n) is 3.99. The molecule has 0 aliphatic carbocycles. The Kier molecular flexibility index (Phi) is 2.01. The number of nitrogen functional groups attached to an aromatic ring is 2. The van der Waals surface area contributed by atoms with Gasteiger partial charge in [-0.05, 0) is 35.4 Å². The van der Waals surface area contributed by atoms with E-state index in [-0.39, 0.29) is 0 Å². The molecule has 5 N–H and O–H groups in total. The number of aromatic amines is 1. The number of nitrogens with two attached hydrogens (primary N) is 2. The second-order valence-corrected chi connectivity index (χ2v) is 3.99. The summed E-state index contributed by atoms with van der Waals surface area (Å²) < 4.78 is 0. The summed E-state index contributed by atoms with van der Waals surface area (Å²) in [5.74, 6) is 0.527. The highest BCUT2D eigenvalue weighted by atomic mass is 15.1. The highest BCUT2D eigenvalue weighted by Crippen LogP contribution is 2.26. The van der Waals surface area contributed by atoms with E-state index in [1.807, 2.05) is 42.5 Å². The van der Waals surface area contributed by atoms with Crippen LogP contribution in [0, 0.1) is 0 Å². The van der Waals surface area contributed by atoms with E-state index in [0.717, 1.165) is 27.7 Å². The molecule has 0 aliphatic heterocycles. The Morgan fingerprint density at radius 3 is 2.59 bits per heavy atom. The molecular weight excluding hydrogens is 212 g/mol. The van der Waals surface area contributed by atoms with E-state index in [1.165, 1.54) is 0 Å². The van der Waals surface area contributed by atoms with E-state index < -0.39 is 0 Å². The maximum atomic E-state index is 5.77. The van der Waals surface area contributed by atoms with Crippen LogP contribution in [0.4, 0.5) is 11.5 Å². The molecule has 2 aromatic carbocycles. The van der Waals surface area contributed by atoms with Gasteiger partial charge in [-0.2, -0.15) is 5.10 Å². The molecule has 4 nitrogen and oxygen atoms in total. The molecule has 0 bridgehead atoms. The number of hydrogen-bond acceptors (Lipinski definition) is 3. The Morgan fingerprint density at radius 2 is 1.76 bits per heavy atom. The summed E-state index contributed by atoms with van der Waals surface area (Å²) in [5, 5.41) is 7.82. The van der Waals surface area contributed by atoms with Gasteiger partial charge in [-0.15, -0.1) is 0 Å². The monoisotopic (exact) mass is 224 g/mol. The molecular formula is C13H12N4. The van der Waals surface area contributed by atoms with Gasteiger partial charge in [0, 0.05) is 11.1 Å². The third kappa shape index (κ3) is 1.59. The van der Waals surface area contributed by atoms with Crippen LogP contribution in [0.3, 0.4) is 0 Å². The fourth-order valence-electron chi connectivity index (χ4n) is 1.94. The zero-order valence-corrected chi connectivity index (χ0v) is 9.14. The highest BCUT2D eigenvalue weighted by molar-refractivity contribution is 5.91. The van der Waals surface area contributed by atoms with Crippen molar-refractivity contribution in [2.75, 3.05) is 11.5 Å². The van der Waals surface area contributed by atoms with Gasteiger partial charge in [0.25, 0.3) is 0 Å². The number of H-pyrrole nitrogens is 1. The number of fused-ring (bicyclic) bond motifs is 1. The van der Waals surface area contributed by atoms with Crippen LogP contribution in [0.25, 0.3) is 22.0 Å². The van der Waals surface area contributed by atoms with Crippen molar-refractivity contribution in [2.45, 2.75) is 0 Å². The summed E-state index contributed by atoms with van der Waals surface area (Å²) in [7, 11) is 0. The lowest BCUT2D eigenvalue weighted by Gasteiger charge is -2.02. The molecule has 1 aromatic heterocycles. The zero-order chi connectivity index (χ0) is 11.8. The first kappa shape index (κ1) is 9.72. The summed E-state index contributed by atoms with van der Waals surface area (Å²) in [6, 6.07) is 13.8. The molecule has 17 heavy (non-hydrogen) atoms. The second kappa shape index (κ2) is 3.52. The molecule has 3 aromatic rings. The summed E-state index contributed by atoms with van der Waals surface area (Å²) in [5.41, 5.74) is 15.4. The highest BCUT2D eigenvalue weighted by Gasteiger charge is 2.04. The summed E-state index contributed by atoms with van der Waals surface area (Å²) in [6.45, 7) is 0. The molecule has 1 heterocycles. The first-order valence-electron chi connectivity index (χ1n) is 5.33. The number of anilines is 2. The lowest BCUT2D eigenvalue weighted by molar-refractivity contribution is 1.13. The van der Waals surface area contributed by atoms with Crippen LogP contribution in [0.2, 0.25) is 0 Å². The Balaban J connectivity index is 2.18. The minimum absolute atomic E-state index is 0.527. The van der Waals surface area contributed by atoms with Crippen LogP contribution in [0.1, 0.15) is 0 Å². The molecule has 84 valence electrons. The van der Waals surface area contributed by atoms with Crippen LogP contribution < -0.4 is 11.5 Å². The molecule has 0 amide bonds. The van der Waals surface area contributed by atoms with Crippen LogP contribution in [0.15, 0.2) is 42.5 Å². The molecule has 0 spiro atoms. The molecule has 0 saturated heterocycles. The SMILES string of the molecule is Nc1cccc(-c2ccc3c(N)n[nH]c3c2)c1. The van der Waals surface area contributed by atoms with Gasteiger partial charge in [0.2, 0.25) is 0 Å². The van der Waals surface area contributed by atoms with Gasteiger partial charge in [0.1, 0.15) is 0 Å². The van der Waals surface area contributed by atoms with Gasteiger partial charge in [-0.3, -0.25) is 5.10 Å². The van der Waals surface area contributed by atoms with Gasteiger partial charge in [-0.25, -0.2) is 0 Å². The number of rotatable bonds is 1. The van der Waals surface area contributed by atoms with Crippen molar-refractivity contribution in [2.24, 2.45) is 0 Å². The molecule has 4 heteroatoms. The number of benzene rings is 2. The lowest BCUT2D eigenvalue weighted by Crippen LogP contribution is -1.85. The molecule has 3 rings (SSSR count). The Labute approximate surface area is 98.2 Å². The van der Waals surface area contributed by atoms with Crippen molar-refractivity contribution in [3.8, 4) is 11.1 Å². The van der Waals surface area contributed by atoms with E-state index in [0.29, 0.717) is 5.82 Å². The molecule has 0 saturated carbocycles. The van der Waals surface area contributed by atoms with E-state index in [4.69, 9.17) is 11.5 Å². The summed E-state index contributed by atoms with van der Waals surface area (Å²) in [4.78, 5) is 0. The maximum Gasteiger partial charge on any atom is 0.153 e. The predicted octanol–water partition coefficient (Wildman–Crippen LogP) is 2.39. The smallest absolute Gasteiger partial charge is 0.153 e. The summed E-state index contributed by atoms with van der Waals surface area (Å²) in [6.07, 6.45) is 0. The molecule has 0 aliphatic rings.